The summed E-state index contributed by atoms with van der Waals surface area (Å²) in [6, 6.07) is 4.88. The maximum Gasteiger partial charge on any atom is -0.0100 e. The molecule has 0 heterocycles. The van der Waals surface area contributed by atoms with Gasteiger partial charge in [0, 0.05) is 0 Å². The van der Waals surface area contributed by atoms with Gasteiger partial charge in [0.15, 0.2) is 0 Å². The second-order valence-corrected chi connectivity index (χ2v) is 10.5. The van der Waals surface area contributed by atoms with Crippen LogP contribution in [0.4, 0.5) is 0 Å². The van der Waals surface area contributed by atoms with Crippen molar-refractivity contribution in [1.29, 1.82) is 0 Å². The number of hydrogen-bond acceptors (Lipinski definition) is 0. The normalized spacial score (nSPS) is 12.6. The predicted octanol–water partition coefficient (Wildman–Crippen LogP) is 8.19. The zero-order valence-corrected chi connectivity index (χ0v) is 20.6. The van der Waals surface area contributed by atoms with Crippen LogP contribution in [-0.4, -0.2) is 0 Å². The summed E-state index contributed by atoms with van der Waals surface area (Å²) < 4.78 is 0. The lowest BCUT2D eigenvalue weighted by Gasteiger charge is -2.35. The van der Waals surface area contributed by atoms with Crippen molar-refractivity contribution < 1.29 is 0 Å². The van der Waals surface area contributed by atoms with Gasteiger partial charge in [-0.3, -0.25) is 0 Å². The van der Waals surface area contributed by atoms with E-state index in [2.05, 4.69) is 95.2 Å². The highest BCUT2D eigenvalue weighted by molar-refractivity contribution is 5.48. The molecular weight excluding hydrogens is 336 g/mol. The average molecular weight is 379 g/mol. The Hall–Kier alpha value is -1.56. The zero-order chi connectivity index (χ0) is 21.6. The summed E-state index contributed by atoms with van der Waals surface area (Å²) >= 11 is 0. The Kier molecular flexibility index (Phi) is 6.25. The molecule has 0 unspecified atom stereocenters. The molecule has 0 bridgehead atoms. The molecule has 0 saturated heterocycles. The fraction of sp³-hybridized carbons (Fsp3) is 0.571. The van der Waals surface area contributed by atoms with Gasteiger partial charge < -0.3 is 0 Å². The summed E-state index contributed by atoms with van der Waals surface area (Å²) in [5.41, 5.74) is 15.0. The Morgan fingerprint density at radius 3 is 1.04 bits per heavy atom. The second kappa shape index (κ2) is 7.69. The van der Waals surface area contributed by atoms with E-state index in [1.54, 1.807) is 0 Å². The Morgan fingerprint density at radius 2 is 0.750 bits per heavy atom. The molecule has 2 aromatic rings. The van der Waals surface area contributed by atoms with Crippen molar-refractivity contribution in [3.63, 3.8) is 0 Å². The second-order valence-electron chi connectivity index (χ2n) is 10.5. The molecule has 0 nitrogen and oxygen atoms in total. The standard InChI is InChI=1S/C28H42/c1-17-15-25(23(7)21(5)19(17)3)27(9,10)13-14-28(11,12)26-16-18(2)20(4)22(6)24(26)8/h15-16H,13-14H2,1-12H3. The van der Waals surface area contributed by atoms with Gasteiger partial charge in [-0.25, -0.2) is 0 Å². The van der Waals surface area contributed by atoms with E-state index in [-0.39, 0.29) is 10.8 Å². The van der Waals surface area contributed by atoms with Crippen molar-refractivity contribution in [3.8, 4) is 0 Å². The minimum absolute atomic E-state index is 0.174. The molecule has 0 radical (unpaired) electrons. The molecule has 28 heavy (non-hydrogen) atoms. The summed E-state index contributed by atoms with van der Waals surface area (Å²) in [7, 11) is 0. The summed E-state index contributed by atoms with van der Waals surface area (Å²) in [4.78, 5) is 0. The third kappa shape index (κ3) is 4.07. The lowest BCUT2D eigenvalue weighted by Crippen LogP contribution is -2.26. The van der Waals surface area contributed by atoms with E-state index in [1.807, 2.05) is 0 Å². The predicted molar refractivity (Wildman–Crippen MR) is 126 cm³/mol. The van der Waals surface area contributed by atoms with Crippen LogP contribution in [0.15, 0.2) is 12.1 Å². The maximum atomic E-state index is 2.44. The molecule has 0 N–H and O–H groups in total. The molecule has 0 heteroatoms. The van der Waals surface area contributed by atoms with E-state index < -0.39 is 0 Å². The highest BCUT2D eigenvalue weighted by Crippen LogP contribution is 2.40. The molecule has 2 rings (SSSR count). The Bertz CT molecular complexity index is 816. The Labute approximate surface area is 174 Å². The van der Waals surface area contributed by atoms with E-state index in [9.17, 15) is 0 Å². The van der Waals surface area contributed by atoms with Crippen LogP contribution in [0.1, 0.15) is 96.2 Å². The van der Waals surface area contributed by atoms with Crippen LogP contribution in [-0.2, 0) is 10.8 Å². The van der Waals surface area contributed by atoms with Crippen molar-refractivity contribution in [2.75, 3.05) is 0 Å². The van der Waals surface area contributed by atoms with E-state index >= 15 is 0 Å². The van der Waals surface area contributed by atoms with Crippen molar-refractivity contribution in [2.24, 2.45) is 0 Å². The van der Waals surface area contributed by atoms with E-state index in [1.165, 1.54) is 68.5 Å². The topological polar surface area (TPSA) is 0 Å². The van der Waals surface area contributed by atoms with Gasteiger partial charge in [-0.2, -0.15) is 0 Å². The highest BCUT2D eigenvalue weighted by atomic mass is 14.3. The lowest BCUT2D eigenvalue weighted by atomic mass is 9.69. The van der Waals surface area contributed by atoms with Crippen molar-refractivity contribution in [2.45, 2.75) is 107 Å². The first-order valence-electron chi connectivity index (χ1n) is 10.9. The lowest BCUT2D eigenvalue weighted by molar-refractivity contribution is 0.372. The fourth-order valence-corrected chi connectivity index (χ4v) is 4.72. The molecule has 0 amide bonds. The highest BCUT2D eigenvalue weighted by Gasteiger charge is 2.30. The number of hydrogen-bond donors (Lipinski definition) is 0. The van der Waals surface area contributed by atoms with Crippen molar-refractivity contribution in [3.05, 3.63) is 67.8 Å². The molecule has 0 aliphatic rings. The zero-order valence-electron chi connectivity index (χ0n) is 20.6. The fourth-order valence-electron chi connectivity index (χ4n) is 4.72. The van der Waals surface area contributed by atoms with Gasteiger partial charge in [0.05, 0.1) is 0 Å². The van der Waals surface area contributed by atoms with Gasteiger partial charge in [0.2, 0.25) is 0 Å². The SMILES string of the molecule is Cc1cc(C(C)(C)CCC(C)(C)c2cc(C)c(C)c(C)c2C)c(C)c(C)c1C. The summed E-state index contributed by atoms with van der Waals surface area (Å²) in [5.74, 6) is 0. The minimum Gasteiger partial charge on any atom is -0.0558 e. The molecular formula is C28H42. The van der Waals surface area contributed by atoms with Gasteiger partial charge in [0.1, 0.15) is 0 Å². The quantitative estimate of drug-likeness (QED) is 0.492. The van der Waals surface area contributed by atoms with Crippen LogP contribution in [0.25, 0.3) is 0 Å². The van der Waals surface area contributed by atoms with Gasteiger partial charge >= 0.3 is 0 Å². The minimum atomic E-state index is 0.174. The van der Waals surface area contributed by atoms with Gasteiger partial charge in [-0.15, -0.1) is 0 Å². The monoisotopic (exact) mass is 378 g/mol. The summed E-state index contributed by atoms with van der Waals surface area (Å²) in [5, 5.41) is 0. The van der Waals surface area contributed by atoms with Crippen LogP contribution in [0.3, 0.4) is 0 Å². The van der Waals surface area contributed by atoms with Crippen molar-refractivity contribution in [1.82, 2.24) is 0 Å². The number of benzene rings is 2. The van der Waals surface area contributed by atoms with Crippen LogP contribution < -0.4 is 0 Å². The third-order valence-electron chi connectivity index (χ3n) is 7.80. The van der Waals surface area contributed by atoms with Gasteiger partial charge in [-0.1, -0.05) is 39.8 Å². The van der Waals surface area contributed by atoms with Crippen LogP contribution >= 0.6 is 0 Å². The summed E-state index contributed by atoms with van der Waals surface area (Å²) in [6.45, 7) is 27.9. The largest absolute Gasteiger partial charge is 0.0558 e. The van der Waals surface area contributed by atoms with Crippen LogP contribution in [0.5, 0.6) is 0 Å². The average Bonchev–Trinajstić information content (AvgIpc) is 2.62. The first-order chi connectivity index (χ1) is 12.7. The molecule has 0 fully saturated rings. The number of rotatable bonds is 5. The molecule has 0 saturated carbocycles. The van der Waals surface area contributed by atoms with Crippen LogP contribution in [0.2, 0.25) is 0 Å². The van der Waals surface area contributed by atoms with Crippen molar-refractivity contribution >= 4 is 0 Å². The van der Waals surface area contributed by atoms with Crippen LogP contribution in [0, 0.1) is 55.4 Å². The van der Waals surface area contributed by atoms with E-state index in [0.29, 0.717) is 0 Å². The molecule has 0 atom stereocenters. The van der Waals surface area contributed by atoms with E-state index in [4.69, 9.17) is 0 Å². The third-order valence-corrected chi connectivity index (χ3v) is 7.80. The van der Waals surface area contributed by atoms with Gasteiger partial charge in [-0.05, 0) is 135 Å². The smallest absolute Gasteiger partial charge is 0.0100 e. The van der Waals surface area contributed by atoms with Gasteiger partial charge in [0.25, 0.3) is 0 Å². The Balaban J connectivity index is 2.37. The summed E-state index contributed by atoms with van der Waals surface area (Å²) in [6.07, 6.45) is 2.38. The molecule has 154 valence electrons. The molecule has 2 aromatic carbocycles. The number of aryl methyl sites for hydroxylation is 2. The first kappa shape index (κ1) is 22.7. The molecule has 0 aromatic heterocycles. The molecule has 0 spiro atoms. The Morgan fingerprint density at radius 1 is 0.464 bits per heavy atom. The first-order valence-corrected chi connectivity index (χ1v) is 10.9. The molecule has 0 aliphatic heterocycles. The van der Waals surface area contributed by atoms with E-state index in [0.717, 1.165) is 0 Å². The molecule has 0 aliphatic carbocycles. The maximum absolute atomic E-state index is 2.44.